The maximum absolute atomic E-state index is 13.4. The van der Waals surface area contributed by atoms with Crippen LogP contribution in [0.1, 0.15) is 18.8 Å². The van der Waals surface area contributed by atoms with Gasteiger partial charge in [-0.2, -0.15) is 0 Å². The first-order valence-electron chi connectivity index (χ1n) is 6.49. The fraction of sp³-hybridized carbons (Fsp3) is 0.118. The molecule has 3 aromatic rings. The monoisotopic (exact) mass is 331 g/mol. The molecule has 21 heavy (non-hydrogen) atoms. The molecule has 1 N–H and O–H groups in total. The third kappa shape index (κ3) is 2.96. The molecular formula is C17H14FNOZn. The van der Waals surface area contributed by atoms with Crippen molar-refractivity contribution in [1.82, 2.24) is 4.98 Å². The van der Waals surface area contributed by atoms with Crippen LogP contribution in [0.3, 0.4) is 0 Å². The van der Waals surface area contributed by atoms with Gasteiger partial charge in [0.25, 0.3) is 0 Å². The smallest absolute Gasteiger partial charge is 0.139 e. The van der Waals surface area contributed by atoms with Crippen molar-refractivity contribution in [3.05, 3.63) is 60.3 Å². The Morgan fingerprint density at radius 1 is 1.00 bits per heavy atom. The average molecular weight is 333 g/mol. The van der Waals surface area contributed by atoms with E-state index >= 15 is 0 Å². The van der Waals surface area contributed by atoms with E-state index in [4.69, 9.17) is 0 Å². The largest absolute Gasteiger partial charge is 0.507 e. The summed E-state index contributed by atoms with van der Waals surface area (Å²) in [5.41, 5.74) is 1.60. The summed E-state index contributed by atoms with van der Waals surface area (Å²) in [5, 5.41) is 12.1. The summed E-state index contributed by atoms with van der Waals surface area (Å²) >= 11 is 0. The topological polar surface area (TPSA) is 33.1 Å². The molecule has 0 aliphatic rings. The molecule has 0 amide bonds. The third-order valence-corrected chi connectivity index (χ3v) is 3.34. The Morgan fingerprint density at radius 2 is 1.76 bits per heavy atom. The van der Waals surface area contributed by atoms with Crippen molar-refractivity contribution in [3.8, 4) is 17.0 Å². The van der Waals surface area contributed by atoms with Gasteiger partial charge in [0, 0.05) is 25.0 Å². The van der Waals surface area contributed by atoms with E-state index < -0.39 is 6.17 Å². The maximum Gasteiger partial charge on any atom is 0.139 e. The molecule has 0 bridgehead atoms. The molecule has 2 aromatic carbocycles. The van der Waals surface area contributed by atoms with E-state index in [-0.39, 0.29) is 25.2 Å². The van der Waals surface area contributed by atoms with Crippen LogP contribution in [0.15, 0.2) is 54.6 Å². The van der Waals surface area contributed by atoms with Crippen LogP contribution < -0.4 is 0 Å². The third-order valence-electron chi connectivity index (χ3n) is 3.34. The van der Waals surface area contributed by atoms with E-state index in [1.54, 1.807) is 24.3 Å². The quantitative estimate of drug-likeness (QED) is 0.694. The molecule has 0 spiro atoms. The number of aromatic nitrogens is 1. The van der Waals surface area contributed by atoms with Crippen molar-refractivity contribution in [2.45, 2.75) is 13.1 Å². The molecule has 0 saturated carbocycles. The van der Waals surface area contributed by atoms with Gasteiger partial charge in [-0.05, 0) is 35.9 Å². The fourth-order valence-corrected chi connectivity index (χ4v) is 2.34. The minimum Gasteiger partial charge on any atom is -0.507 e. The minimum absolute atomic E-state index is 0. The van der Waals surface area contributed by atoms with Gasteiger partial charge in [-0.1, -0.05) is 36.4 Å². The summed E-state index contributed by atoms with van der Waals surface area (Å²) in [5.74, 6) is 0.153. The number of benzene rings is 2. The number of phenolic OH excluding ortho intramolecular Hbond substituents is 1. The summed E-state index contributed by atoms with van der Waals surface area (Å²) in [6.45, 7) is 1.45. The molecule has 3 rings (SSSR count). The second-order valence-corrected chi connectivity index (χ2v) is 4.74. The first kappa shape index (κ1) is 15.6. The fourth-order valence-electron chi connectivity index (χ4n) is 2.34. The van der Waals surface area contributed by atoms with E-state index in [0.717, 1.165) is 10.8 Å². The standard InChI is InChI=1S/C17H14FNO.Zn/c1-11(18)14-7-4-8-15(19-14)17-13-6-3-2-5-12(13)9-10-16(17)20;/h2-11,20H,1H3;. The number of alkyl halides is 1. The van der Waals surface area contributed by atoms with Crippen molar-refractivity contribution < 1.29 is 29.0 Å². The van der Waals surface area contributed by atoms with Gasteiger partial charge in [-0.15, -0.1) is 0 Å². The summed E-state index contributed by atoms with van der Waals surface area (Å²) in [7, 11) is 0. The molecule has 0 saturated heterocycles. The Labute approximate surface area is 135 Å². The molecule has 0 aliphatic carbocycles. The van der Waals surface area contributed by atoms with Crippen LogP contribution in [0.2, 0.25) is 0 Å². The Balaban J connectivity index is 0.00000161. The van der Waals surface area contributed by atoms with Crippen molar-refractivity contribution in [1.29, 1.82) is 0 Å². The van der Waals surface area contributed by atoms with E-state index in [2.05, 4.69) is 4.98 Å². The number of pyridine rings is 1. The zero-order valence-electron chi connectivity index (χ0n) is 11.8. The predicted octanol–water partition coefficient (Wildman–Crippen LogP) is 4.64. The average Bonchev–Trinajstić information content (AvgIpc) is 2.47. The van der Waals surface area contributed by atoms with Gasteiger partial charge in [0.1, 0.15) is 11.9 Å². The van der Waals surface area contributed by atoms with Gasteiger partial charge in [0.15, 0.2) is 0 Å². The van der Waals surface area contributed by atoms with Crippen LogP contribution in [0.5, 0.6) is 5.75 Å². The molecule has 2 nitrogen and oxygen atoms in total. The predicted molar refractivity (Wildman–Crippen MR) is 78.4 cm³/mol. The Kier molecular flexibility index (Phi) is 4.69. The number of hydrogen-bond donors (Lipinski definition) is 1. The molecule has 0 aliphatic heterocycles. The van der Waals surface area contributed by atoms with E-state index in [1.807, 2.05) is 30.3 Å². The summed E-state index contributed by atoms with van der Waals surface area (Å²) in [6, 6.07) is 16.4. The van der Waals surface area contributed by atoms with Crippen LogP contribution in [-0.4, -0.2) is 10.1 Å². The zero-order valence-corrected chi connectivity index (χ0v) is 14.7. The van der Waals surface area contributed by atoms with Gasteiger partial charge in [-0.25, -0.2) is 9.37 Å². The number of hydrogen-bond acceptors (Lipinski definition) is 2. The van der Waals surface area contributed by atoms with E-state index in [1.165, 1.54) is 6.92 Å². The molecule has 0 fully saturated rings. The Bertz CT molecular complexity index is 774. The number of phenols is 1. The van der Waals surface area contributed by atoms with Crippen LogP contribution >= 0.6 is 0 Å². The summed E-state index contributed by atoms with van der Waals surface area (Å²) < 4.78 is 13.4. The maximum atomic E-state index is 13.4. The number of rotatable bonds is 2. The van der Waals surface area contributed by atoms with Gasteiger partial charge >= 0.3 is 0 Å². The molecule has 0 radical (unpaired) electrons. The van der Waals surface area contributed by atoms with Crippen LogP contribution in [0, 0.1) is 0 Å². The van der Waals surface area contributed by atoms with E-state index in [0.29, 0.717) is 17.0 Å². The van der Waals surface area contributed by atoms with Gasteiger partial charge in [0.2, 0.25) is 0 Å². The number of aromatic hydroxyl groups is 1. The van der Waals surface area contributed by atoms with Crippen LogP contribution in [0.4, 0.5) is 4.39 Å². The summed E-state index contributed by atoms with van der Waals surface area (Å²) in [6.07, 6.45) is -1.13. The van der Waals surface area contributed by atoms with Crippen molar-refractivity contribution in [3.63, 3.8) is 0 Å². The molecule has 1 atom stereocenters. The number of nitrogens with zero attached hydrogens (tertiary/aromatic N) is 1. The molecule has 1 heterocycles. The van der Waals surface area contributed by atoms with Crippen molar-refractivity contribution in [2.75, 3.05) is 0 Å². The van der Waals surface area contributed by atoms with E-state index in [9.17, 15) is 9.50 Å². The second kappa shape index (κ2) is 6.32. The van der Waals surface area contributed by atoms with Crippen LogP contribution in [0.25, 0.3) is 22.0 Å². The van der Waals surface area contributed by atoms with Gasteiger partial charge < -0.3 is 5.11 Å². The second-order valence-electron chi connectivity index (χ2n) is 4.74. The molecule has 1 aromatic heterocycles. The molecular weight excluding hydrogens is 319 g/mol. The van der Waals surface area contributed by atoms with Crippen molar-refractivity contribution in [2.24, 2.45) is 0 Å². The van der Waals surface area contributed by atoms with Gasteiger partial charge in [-0.3, -0.25) is 0 Å². The zero-order chi connectivity index (χ0) is 14.1. The summed E-state index contributed by atoms with van der Waals surface area (Å²) in [4.78, 5) is 4.32. The molecule has 4 heteroatoms. The minimum atomic E-state index is -1.13. The van der Waals surface area contributed by atoms with Crippen molar-refractivity contribution >= 4 is 10.8 Å². The number of halogens is 1. The normalized spacial score (nSPS) is 11.9. The Hall–Kier alpha value is -1.80. The van der Waals surface area contributed by atoms with Gasteiger partial charge in [0.05, 0.1) is 11.4 Å². The SMILES string of the molecule is CC(F)c1cccc(-c2c(O)ccc3ccccc23)n1.[Zn]. The molecule has 1 unspecified atom stereocenters. The first-order chi connectivity index (χ1) is 9.66. The molecule has 102 valence electrons. The Morgan fingerprint density at radius 3 is 2.52 bits per heavy atom. The number of fused-ring (bicyclic) bond motifs is 1. The van der Waals surface area contributed by atoms with Crippen LogP contribution in [-0.2, 0) is 19.5 Å². The first-order valence-corrected chi connectivity index (χ1v) is 6.49.